The highest BCUT2D eigenvalue weighted by molar-refractivity contribution is 7.78. The molecule has 2 N–H and O–H groups in total. The lowest BCUT2D eigenvalue weighted by atomic mass is 9.48. The minimum Gasteiger partial charge on any atom is -0.504 e. The first kappa shape index (κ1) is 22.9. The zero-order valence-corrected chi connectivity index (χ0v) is 21.2. The average molecular weight is 505 g/mol. The van der Waals surface area contributed by atoms with Crippen molar-refractivity contribution in [1.29, 1.82) is 0 Å². The minimum atomic E-state index is -0.886. The molecule has 0 aromatic heterocycles. The highest BCUT2D eigenvalue weighted by Gasteiger charge is 2.73. The van der Waals surface area contributed by atoms with E-state index in [1.54, 1.807) is 6.07 Å². The first-order valence-corrected chi connectivity index (χ1v) is 13.7. The predicted octanol–water partition coefficient (Wildman–Crippen LogP) is 4.14. The first-order chi connectivity index (χ1) is 17.5. The summed E-state index contributed by atoms with van der Waals surface area (Å²) in [6.07, 6.45) is 5.14. The Morgan fingerprint density at radius 3 is 2.78 bits per heavy atom. The number of likely N-dealkylation sites (tertiary alicyclic amines) is 1. The quantitative estimate of drug-likeness (QED) is 0.436. The molecule has 7 heteroatoms. The zero-order chi connectivity index (χ0) is 24.5. The summed E-state index contributed by atoms with van der Waals surface area (Å²) in [4.78, 5) is 6.67. The second-order valence-electron chi connectivity index (χ2n) is 11.4. The molecular formula is C29H32N2O4S. The van der Waals surface area contributed by atoms with E-state index in [4.69, 9.17) is 21.7 Å². The van der Waals surface area contributed by atoms with Crippen LogP contribution in [0.4, 0.5) is 0 Å². The second kappa shape index (κ2) is 8.37. The molecule has 2 saturated carbocycles. The summed E-state index contributed by atoms with van der Waals surface area (Å²) in [6, 6.07) is 12.0. The number of isothiocyanates is 1. The van der Waals surface area contributed by atoms with Crippen LogP contribution < -0.4 is 4.74 Å². The largest absolute Gasteiger partial charge is 0.504 e. The predicted molar refractivity (Wildman–Crippen MR) is 139 cm³/mol. The van der Waals surface area contributed by atoms with E-state index < -0.39 is 11.0 Å². The number of aliphatic imine (C=N–C) groups is 1. The summed E-state index contributed by atoms with van der Waals surface area (Å²) in [5.41, 5.74) is 2.96. The topological polar surface area (TPSA) is 74.5 Å². The van der Waals surface area contributed by atoms with Crippen LogP contribution in [0.15, 0.2) is 41.4 Å². The van der Waals surface area contributed by atoms with Crippen molar-refractivity contribution in [3.05, 3.63) is 58.7 Å². The molecule has 0 unspecified atom stereocenters. The third-order valence-electron chi connectivity index (χ3n) is 9.59. The van der Waals surface area contributed by atoms with Gasteiger partial charge in [0.15, 0.2) is 11.5 Å². The van der Waals surface area contributed by atoms with E-state index >= 15 is 0 Å². The SMILES string of the molecule is Oc1ccc2c3c1O[C@H]1[C@H](OCc4ccccc4CN=C=S)CC[C@@]4(O)[C@@H](C2)N(CC2CC2)CC[C@]314. The lowest BCUT2D eigenvalue weighted by Crippen LogP contribution is -2.77. The van der Waals surface area contributed by atoms with E-state index in [1.165, 1.54) is 18.4 Å². The van der Waals surface area contributed by atoms with Crippen LogP contribution in [0.3, 0.4) is 0 Å². The molecule has 36 heavy (non-hydrogen) atoms. The molecule has 0 amide bonds. The highest BCUT2D eigenvalue weighted by Crippen LogP contribution is 2.65. The number of ether oxygens (including phenoxy) is 2. The van der Waals surface area contributed by atoms with Gasteiger partial charge in [-0.05, 0) is 86.0 Å². The molecule has 2 heterocycles. The van der Waals surface area contributed by atoms with Gasteiger partial charge in [-0.25, -0.2) is 4.99 Å². The van der Waals surface area contributed by atoms with Crippen molar-refractivity contribution in [3.8, 4) is 11.5 Å². The molecule has 5 atom stereocenters. The monoisotopic (exact) mass is 504 g/mol. The fourth-order valence-corrected chi connectivity index (χ4v) is 7.84. The van der Waals surface area contributed by atoms with E-state index in [9.17, 15) is 10.2 Å². The Kier molecular flexibility index (Phi) is 5.32. The third-order valence-corrected chi connectivity index (χ3v) is 9.72. The number of phenols is 1. The van der Waals surface area contributed by atoms with E-state index in [-0.39, 0.29) is 24.0 Å². The molecule has 2 aliphatic heterocycles. The molecule has 1 spiro atoms. The van der Waals surface area contributed by atoms with E-state index in [2.05, 4.69) is 21.1 Å². The van der Waals surface area contributed by atoms with Crippen LogP contribution in [-0.2, 0) is 29.7 Å². The van der Waals surface area contributed by atoms with Gasteiger partial charge in [0.05, 0.1) is 35.4 Å². The van der Waals surface area contributed by atoms with E-state index in [1.807, 2.05) is 24.3 Å². The number of piperidine rings is 1. The van der Waals surface area contributed by atoms with Crippen molar-refractivity contribution in [2.45, 2.75) is 80.9 Å². The lowest BCUT2D eigenvalue weighted by Gasteiger charge is -2.64. The van der Waals surface area contributed by atoms with Crippen molar-refractivity contribution < 1.29 is 19.7 Å². The minimum absolute atomic E-state index is 0.0788. The molecule has 3 fully saturated rings. The van der Waals surface area contributed by atoms with Gasteiger partial charge in [-0.2, -0.15) is 0 Å². The zero-order valence-electron chi connectivity index (χ0n) is 20.4. The molecule has 2 aromatic carbocycles. The molecule has 188 valence electrons. The third kappa shape index (κ3) is 3.20. The first-order valence-electron chi connectivity index (χ1n) is 13.3. The standard InChI is InChI=1S/C29H32N2O4S/c32-22-8-7-19-13-24-29(33)10-9-23(34-16-21-4-2-1-3-20(21)14-30-17-36)27-28(29,25(19)26(22)35-27)11-12-31(24)15-18-5-6-18/h1-4,7-8,18,23-24,27,32-33H,5-6,9-16H2/t23-,24-,27+,28+,29-/m1/s1. The van der Waals surface area contributed by atoms with Gasteiger partial charge in [-0.15, -0.1) is 0 Å². The second-order valence-corrected chi connectivity index (χ2v) is 11.5. The summed E-state index contributed by atoms with van der Waals surface area (Å²) in [5.74, 6) is 1.51. The smallest absolute Gasteiger partial charge is 0.165 e. The maximum absolute atomic E-state index is 12.6. The Hall–Kier alpha value is -2.28. The van der Waals surface area contributed by atoms with Crippen molar-refractivity contribution in [3.63, 3.8) is 0 Å². The molecule has 0 radical (unpaired) electrons. The Labute approximate surface area is 216 Å². The Balaban J connectivity index is 1.24. The van der Waals surface area contributed by atoms with Crippen LogP contribution in [0.5, 0.6) is 11.5 Å². The number of aliphatic hydroxyl groups is 1. The van der Waals surface area contributed by atoms with Crippen LogP contribution in [0, 0.1) is 5.92 Å². The number of hydrogen-bond acceptors (Lipinski definition) is 7. The summed E-state index contributed by atoms with van der Waals surface area (Å²) in [7, 11) is 0. The normalized spacial score (nSPS) is 34.0. The Morgan fingerprint density at radius 1 is 1.14 bits per heavy atom. The van der Waals surface area contributed by atoms with Crippen molar-refractivity contribution in [2.24, 2.45) is 10.9 Å². The number of hydrogen-bond donors (Lipinski definition) is 2. The van der Waals surface area contributed by atoms with Gasteiger partial charge >= 0.3 is 0 Å². The van der Waals surface area contributed by atoms with Gasteiger partial charge in [-0.1, -0.05) is 30.3 Å². The van der Waals surface area contributed by atoms with Crippen LogP contribution >= 0.6 is 12.2 Å². The summed E-state index contributed by atoms with van der Waals surface area (Å²) in [6.45, 7) is 2.95. The molecule has 5 aliphatic rings. The number of phenolic OH excluding ortho intramolecular Hbond substituents is 1. The molecule has 6 nitrogen and oxygen atoms in total. The molecule has 2 bridgehead atoms. The van der Waals surface area contributed by atoms with Crippen LogP contribution in [-0.4, -0.2) is 57.2 Å². The molecule has 2 aromatic rings. The van der Waals surface area contributed by atoms with Gasteiger partial charge in [0, 0.05) is 18.2 Å². The number of rotatable bonds is 7. The molecule has 3 aliphatic carbocycles. The van der Waals surface area contributed by atoms with Crippen LogP contribution in [0.2, 0.25) is 0 Å². The number of benzene rings is 2. The molecule has 1 saturated heterocycles. The average Bonchev–Trinajstić information content (AvgIpc) is 3.63. The summed E-state index contributed by atoms with van der Waals surface area (Å²) < 4.78 is 13.2. The number of thiocarbonyl (C=S) groups is 1. The fraction of sp³-hybridized carbons (Fsp3) is 0.552. The van der Waals surface area contributed by atoms with Crippen LogP contribution in [0.1, 0.15) is 54.4 Å². The molecule has 7 rings (SSSR count). The van der Waals surface area contributed by atoms with Gasteiger partial charge in [0.25, 0.3) is 0 Å². The van der Waals surface area contributed by atoms with Gasteiger partial charge < -0.3 is 19.7 Å². The lowest BCUT2D eigenvalue weighted by molar-refractivity contribution is -0.217. The van der Waals surface area contributed by atoms with Gasteiger partial charge in [0.2, 0.25) is 0 Å². The maximum Gasteiger partial charge on any atom is 0.165 e. The van der Waals surface area contributed by atoms with Crippen LogP contribution in [0.25, 0.3) is 0 Å². The van der Waals surface area contributed by atoms with Crippen molar-refractivity contribution in [2.75, 3.05) is 13.1 Å². The Bertz CT molecular complexity index is 1260. The number of aromatic hydroxyl groups is 1. The fourth-order valence-electron chi connectivity index (χ4n) is 7.77. The highest BCUT2D eigenvalue weighted by atomic mass is 32.1. The molecular weight excluding hydrogens is 472 g/mol. The van der Waals surface area contributed by atoms with E-state index in [0.717, 1.165) is 55.0 Å². The summed E-state index contributed by atoms with van der Waals surface area (Å²) >= 11 is 4.76. The number of nitrogens with zero attached hydrogens (tertiary/aromatic N) is 2. The van der Waals surface area contributed by atoms with E-state index in [0.29, 0.717) is 25.3 Å². The Morgan fingerprint density at radius 2 is 1.97 bits per heavy atom. The van der Waals surface area contributed by atoms with Crippen molar-refractivity contribution in [1.82, 2.24) is 4.90 Å². The van der Waals surface area contributed by atoms with Gasteiger partial charge in [-0.3, -0.25) is 4.90 Å². The van der Waals surface area contributed by atoms with Gasteiger partial charge in [0.1, 0.15) is 6.10 Å². The summed E-state index contributed by atoms with van der Waals surface area (Å²) in [5, 5.41) is 25.8. The maximum atomic E-state index is 12.6. The van der Waals surface area contributed by atoms with Crippen molar-refractivity contribution >= 4 is 17.4 Å².